The minimum Gasteiger partial charge on any atom is -0.508 e. The van der Waals surface area contributed by atoms with Gasteiger partial charge >= 0.3 is 5.97 Å². The number of carboxylic acid groups (broad SMARTS) is 1. The smallest absolute Gasteiger partial charge is 0.306 e. The molecule has 1 atom stereocenters. The lowest BCUT2D eigenvalue weighted by Crippen LogP contribution is -2.16. The molecule has 18 heavy (non-hydrogen) atoms. The van der Waals surface area contributed by atoms with Gasteiger partial charge in [0.2, 0.25) is 0 Å². The predicted octanol–water partition coefficient (Wildman–Crippen LogP) is 3.34. The van der Waals surface area contributed by atoms with Crippen molar-refractivity contribution in [2.24, 2.45) is 5.92 Å². The fourth-order valence-corrected chi connectivity index (χ4v) is 2.00. The van der Waals surface area contributed by atoms with Crippen molar-refractivity contribution in [3.05, 3.63) is 29.3 Å². The van der Waals surface area contributed by atoms with E-state index in [1.807, 2.05) is 33.8 Å². The number of aliphatic carboxylic acids is 1. The summed E-state index contributed by atoms with van der Waals surface area (Å²) in [6.07, 6.45) is 1.12. The summed E-state index contributed by atoms with van der Waals surface area (Å²) in [7, 11) is 0. The van der Waals surface area contributed by atoms with Gasteiger partial charge in [-0.2, -0.15) is 0 Å². The number of carbonyl (C=O) groups is 1. The molecule has 0 heterocycles. The zero-order valence-corrected chi connectivity index (χ0v) is 11.5. The number of phenolic OH excluding ortho intramolecular Hbond substituents is 1. The van der Waals surface area contributed by atoms with Gasteiger partial charge in [-0.3, -0.25) is 4.79 Å². The van der Waals surface area contributed by atoms with Crippen molar-refractivity contribution in [2.75, 3.05) is 0 Å². The number of aromatic hydroxyl groups is 1. The Labute approximate surface area is 108 Å². The van der Waals surface area contributed by atoms with Crippen LogP contribution in [0.4, 0.5) is 0 Å². The van der Waals surface area contributed by atoms with Crippen LogP contribution in [0.25, 0.3) is 0 Å². The van der Waals surface area contributed by atoms with Crippen molar-refractivity contribution in [3.8, 4) is 5.75 Å². The van der Waals surface area contributed by atoms with Gasteiger partial charge in [-0.1, -0.05) is 39.8 Å². The minimum atomic E-state index is -0.761. The van der Waals surface area contributed by atoms with Crippen molar-refractivity contribution < 1.29 is 15.0 Å². The Kier molecular flexibility index (Phi) is 4.38. The quantitative estimate of drug-likeness (QED) is 0.861. The molecule has 0 fully saturated rings. The van der Waals surface area contributed by atoms with Crippen molar-refractivity contribution in [1.29, 1.82) is 0 Å². The monoisotopic (exact) mass is 250 g/mol. The number of benzene rings is 1. The van der Waals surface area contributed by atoms with Gasteiger partial charge in [0, 0.05) is 0 Å². The molecule has 0 radical (unpaired) electrons. The highest BCUT2D eigenvalue weighted by molar-refractivity contribution is 5.70. The van der Waals surface area contributed by atoms with Crippen LogP contribution in [0.15, 0.2) is 18.2 Å². The van der Waals surface area contributed by atoms with E-state index in [-0.39, 0.29) is 17.1 Å². The van der Waals surface area contributed by atoms with Gasteiger partial charge in [-0.25, -0.2) is 0 Å². The standard InChI is InChI=1S/C15H22O3/c1-5-11(14(17)18)8-10-6-7-13(16)12(9-10)15(2,3)4/h6-7,9,11,16H,5,8H2,1-4H3,(H,17,18). The second-order valence-electron chi connectivity index (χ2n) is 5.75. The lowest BCUT2D eigenvalue weighted by Gasteiger charge is -2.21. The van der Waals surface area contributed by atoms with Crippen molar-refractivity contribution in [1.82, 2.24) is 0 Å². The van der Waals surface area contributed by atoms with Crippen molar-refractivity contribution >= 4 is 5.97 Å². The molecule has 1 aromatic carbocycles. The third-order valence-electron chi connectivity index (χ3n) is 3.19. The summed E-state index contributed by atoms with van der Waals surface area (Å²) >= 11 is 0. The van der Waals surface area contributed by atoms with E-state index in [0.29, 0.717) is 12.8 Å². The highest BCUT2D eigenvalue weighted by Gasteiger charge is 2.20. The fraction of sp³-hybridized carbons (Fsp3) is 0.533. The molecule has 1 unspecified atom stereocenters. The van der Waals surface area contributed by atoms with E-state index in [9.17, 15) is 9.90 Å². The molecule has 0 spiro atoms. The average molecular weight is 250 g/mol. The molecule has 0 aliphatic heterocycles. The summed E-state index contributed by atoms with van der Waals surface area (Å²) in [4.78, 5) is 11.0. The maximum absolute atomic E-state index is 11.0. The molecule has 2 N–H and O–H groups in total. The first-order chi connectivity index (χ1) is 8.25. The molecule has 0 saturated carbocycles. The van der Waals surface area contributed by atoms with Crippen LogP contribution in [-0.4, -0.2) is 16.2 Å². The SMILES string of the molecule is CCC(Cc1ccc(O)c(C(C)(C)C)c1)C(=O)O. The number of phenols is 1. The average Bonchev–Trinajstić information content (AvgIpc) is 2.25. The number of rotatable bonds is 4. The Balaban J connectivity index is 3.02. The first-order valence-electron chi connectivity index (χ1n) is 6.31. The molecule has 0 aromatic heterocycles. The molecule has 0 saturated heterocycles. The van der Waals surface area contributed by atoms with E-state index in [1.165, 1.54) is 0 Å². The molecule has 0 bridgehead atoms. The first kappa shape index (κ1) is 14.6. The van der Waals surface area contributed by atoms with E-state index in [1.54, 1.807) is 12.1 Å². The largest absolute Gasteiger partial charge is 0.508 e. The third-order valence-corrected chi connectivity index (χ3v) is 3.19. The van der Waals surface area contributed by atoms with Gasteiger partial charge in [-0.15, -0.1) is 0 Å². The zero-order chi connectivity index (χ0) is 13.9. The molecule has 1 rings (SSSR count). The fourth-order valence-electron chi connectivity index (χ4n) is 2.00. The van der Waals surface area contributed by atoms with Gasteiger partial charge in [-0.05, 0) is 35.4 Å². The Hall–Kier alpha value is -1.51. The highest BCUT2D eigenvalue weighted by Crippen LogP contribution is 2.31. The van der Waals surface area contributed by atoms with E-state index in [2.05, 4.69) is 0 Å². The Morgan fingerprint density at radius 3 is 2.39 bits per heavy atom. The van der Waals surface area contributed by atoms with Crippen LogP contribution in [0.5, 0.6) is 5.75 Å². The van der Waals surface area contributed by atoms with E-state index < -0.39 is 5.97 Å². The van der Waals surface area contributed by atoms with Crippen LogP contribution in [0, 0.1) is 5.92 Å². The minimum absolute atomic E-state index is 0.148. The topological polar surface area (TPSA) is 57.5 Å². The van der Waals surface area contributed by atoms with E-state index in [4.69, 9.17) is 5.11 Å². The molecule has 0 aliphatic rings. The van der Waals surface area contributed by atoms with Gasteiger partial charge in [0.25, 0.3) is 0 Å². The summed E-state index contributed by atoms with van der Waals surface area (Å²) in [5.41, 5.74) is 1.68. The van der Waals surface area contributed by atoms with Crippen LogP contribution in [0.1, 0.15) is 45.2 Å². The van der Waals surface area contributed by atoms with Gasteiger partial charge < -0.3 is 10.2 Å². The predicted molar refractivity (Wildman–Crippen MR) is 71.9 cm³/mol. The maximum Gasteiger partial charge on any atom is 0.306 e. The van der Waals surface area contributed by atoms with E-state index >= 15 is 0 Å². The number of hydrogen-bond acceptors (Lipinski definition) is 2. The molecule has 3 nitrogen and oxygen atoms in total. The second-order valence-corrected chi connectivity index (χ2v) is 5.75. The maximum atomic E-state index is 11.0. The first-order valence-corrected chi connectivity index (χ1v) is 6.31. The van der Waals surface area contributed by atoms with Crippen LogP contribution in [0.2, 0.25) is 0 Å². The summed E-state index contributed by atoms with van der Waals surface area (Å²) in [6, 6.07) is 5.38. The Bertz CT molecular complexity index is 430. The third kappa shape index (κ3) is 3.49. The normalized spacial score (nSPS) is 13.3. The number of carboxylic acids is 1. The summed E-state index contributed by atoms with van der Waals surface area (Å²) in [5, 5.41) is 18.9. The van der Waals surface area contributed by atoms with Crippen LogP contribution in [0.3, 0.4) is 0 Å². The van der Waals surface area contributed by atoms with Crippen molar-refractivity contribution in [3.63, 3.8) is 0 Å². The lowest BCUT2D eigenvalue weighted by molar-refractivity contribution is -0.141. The summed E-state index contributed by atoms with van der Waals surface area (Å²) in [6.45, 7) is 7.96. The molecule has 0 aliphatic carbocycles. The van der Waals surface area contributed by atoms with Crippen LogP contribution in [-0.2, 0) is 16.6 Å². The molecule has 3 heteroatoms. The molecule has 100 valence electrons. The highest BCUT2D eigenvalue weighted by atomic mass is 16.4. The van der Waals surface area contributed by atoms with Gasteiger partial charge in [0.05, 0.1) is 5.92 Å². The Morgan fingerprint density at radius 2 is 1.94 bits per heavy atom. The second kappa shape index (κ2) is 5.42. The van der Waals surface area contributed by atoms with Crippen LogP contribution >= 0.6 is 0 Å². The summed E-state index contributed by atoms with van der Waals surface area (Å²) in [5.74, 6) is -0.847. The molecule has 1 aromatic rings. The molecule has 0 amide bonds. The van der Waals surface area contributed by atoms with Gasteiger partial charge in [0.15, 0.2) is 0 Å². The lowest BCUT2D eigenvalue weighted by atomic mass is 9.84. The zero-order valence-electron chi connectivity index (χ0n) is 11.5. The molecular weight excluding hydrogens is 228 g/mol. The Morgan fingerprint density at radius 1 is 1.33 bits per heavy atom. The summed E-state index contributed by atoms with van der Waals surface area (Å²) < 4.78 is 0. The number of hydrogen-bond donors (Lipinski definition) is 2. The van der Waals surface area contributed by atoms with E-state index in [0.717, 1.165) is 11.1 Å². The van der Waals surface area contributed by atoms with Crippen LogP contribution < -0.4 is 0 Å². The van der Waals surface area contributed by atoms with Crippen molar-refractivity contribution in [2.45, 2.75) is 46.0 Å². The van der Waals surface area contributed by atoms with Gasteiger partial charge in [0.1, 0.15) is 5.75 Å². The molecular formula is C15H22O3.